The van der Waals surface area contributed by atoms with Gasteiger partial charge >= 0.3 is 0 Å². The largest absolute Gasteiger partial charge is 0.550 e. The zero-order valence-electron chi connectivity index (χ0n) is 19.6. The number of piperidine rings is 1. The maximum atomic E-state index is 13.3. The molecule has 1 aliphatic heterocycles. The molecule has 2 fully saturated rings. The van der Waals surface area contributed by atoms with Crippen molar-refractivity contribution in [2.24, 2.45) is 11.8 Å². The molecule has 0 radical (unpaired) electrons. The zero-order chi connectivity index (χ0) is 24.1. The molecule has 0 unspecified atom stereocenters. The number of rotatable bonds is 6. The van der Waals surface area contributed by atoms with E-state index in [4.69, 9.17) is 0 Å². The molecule has 1 heterocycles. The van der Waals surface area contributed by atoms with Crippen LogP contribution in [0, 0.1) is 18.8 Å². The third-order valence-corrected chi connectivity index (χ3v) is 6.89. The van der Waals surface area contributed by atoms with Crippen molar-refractivity contribution in [2.45, 2.75) is 51.9 Å². The SMILES string of the molecule is Cc1cccc(NC(=O)c2cc(NC(=O)[C@H]3CCCC[C@H]3C(=O)[O-])ccc2N2CCCCC2)c1. The minimum Gasteiger partial charge on any atom is -0.550 e. The third kappa shape index (κ3) is 5.58. The Balaban J connectivity index is 1.59. The van der Waals surface area contributed by atoms with Crippen LogP contribution < -0.4 is 20.6 Å². The number of carbonyl (C=O) groups excluding carboxylic acids is 3. The molecule has 0 spiro atoms. The van der Waals surface area contributed by atoms with Gasteiger partial charge < -0.3 is 25.4 Å². The highest BCUT2D eigenvalue weighted by atomic mass is 16.4. The molecule has 1 saturated carbocycles. The Morgan fingerprint density at radius 2 is 1.56 bits per heavy atom. The summed E-state index contributed by atoms with van der Waals surface area (Å²) in [5.74, 6) is -3.13. The van der Waals surface area contributed by atoms with Gasteiger partial charge in [0, 0.05) is 48.0 Å². The van der Waals surface area contributed by atoms with Gasteiger partial charge in [-0.3, -0.25) is 9.59 Å². The molecule has 0 bridgehead atoms. The summed E-state index contributed by atoms with van der Waals surface area (Å²) in [5.41, 5.74) is 3.57. The molecule has 2 amide bonds. The smallest absolute Gasteiger partial charge is 0.257 e. The van der Waals surface area contributed by atoms with E-state index in [-0.39, 0.29) is 11.8 Å². The van der Waals surface area contributed by atoms with Crippen LogP contribution in [0.25, 0.3) is 0 Å². The van der Waals surface area contributed by atoms with Crippen molar-refractivity contribution in [1.29, 1.82) is 0 Å². The Morgan fingerprint density at radius 1 is 0.853 bits per heavy atom. The maximum absolute atomic E-state index is 13.3. The number of anilines is 3. The molecule has 1 saturated heterocycles. The van der Waals surface area contributed by atoms with Gasteiger partial charge in [0.1, 0.15) is 0 Å². The fourth-order valence-corrected chi connectivity index (χ4v) is 5.09. The first kappa shape index (κ1) is 23.8. The van der Waals surface area contributed by atoms with Crippen LogP contribution in [0.15, 0.2) is 42.5 Å². The van der Waals surface area contributed by atoms with Crippen LogP contribution in [0.2, 0.25) is 0 Å². The van der Waals surface area contributed by atoms with E-state index < -0.39 is 17.8 Å². The second-order valence-corrected chi connectivity index (χ2v) is 9.41. The molecule has 34 heavy (non-hydrogen) atoms. The first-order valence-electron chi connectivity index (χ1n) is 12.2. The number of carboxylic acid groups (broad SMARTS) is 1. The van der Waals surface area contributed by atoms with E-state index in [1.807, 2.05) is 37.3 Å². The van der Waals surface area contributed by atoms with Crippen molar-refractivity contribution in [3.05, 3.63) is 53.6 Å². The van der Waals surface area contributed by atoms with Gasteiger partial charge in [-0.1, -0.05) is 25.0 Å². The number of hydrogen-bond acceptors (Lipinski definition) is 5. The molecule has 180 valence electrons. The highest BCUT2D eigenvalue weighted by Crippen LogP contribution is 2.32. The molecule has 2 aliphatic rings. The van der Waals surface area contributed by atoms with Gasteiger partial charge in [0.15, 0.2) is 0 Å². The summed E-state index contributed by atoms with van der Waals surface area (Å²) < 4.78 is 0. The second-order valence-electron chi connectivity index (χ2n) is 9.41. The van der Waals surface area contributed by atoms with Crippen LogP contribution in [-0.4, -0.2) is 30.9 Å². The van der Waals surface area contributed by atoms with Crippen LogP contribution in [0.4, 0.5) is 17.1 Å². The Bertz CT molecular complexity index is 1060. The molecule has 2 aromatic carbocycles. The zero-order valence-corrected chi connectivity index (χ0v) is 19.6. The van der Waals surface area contributed by atoms with E-state index in [2.05, 4.69) is 15.5 Å². The van der Waals surface area contributed by atoms with Crippen LogP contribution in [0.1, 0.15) is 60.9 Å². The second kappa shape index (κ2) is 10.7. The predicted molar refractivity (Wildman–Crippen MR) is 131 cm³/mol. The lowest BCUT2D eigenvalue weighted by Crippen LogP contribution is -2.42. The molecule has 4 rings (SSSR count). The number of aryl methyl sites for hydroxylation is 1. The van der Waals surface area contributed by atoms with Crippen LogP contribution in [0.5, 0.6) is 0 Å². The number of carboxylic acids is 1. The molecule has 7 heteroatoms. The molecule has 7 nitrogen and oxygen atoms in total. The van der Waals surface area contributed by atoms with Gasteiger partial charge in [0.05, 0.1) is 5.56 Å². The summed E-state index contributed by atoms with van der Waals surface area (Å²) in [6.45, 7) is 3.73. The van der Waals surface area contributed by atoms with E-state index >= 15 is 0 Å². The number of aliphatic carboxylic acids is 1. The molecular formula is C27H32N3O4-. The van der Waals surface area contributed by atoms with Gasteiger partial charge in [-0.05, 0) is 74.9 Å². The predicted octanol–water partition coefficient (Wildman–Crippen LogP) is 3.73. The van der Waals surface area contributed by atoms with Crippen molar-refractivity contribution in [2.75, 3.05) is 28.6 Å². The molecule has 2 atom stereocenters. The topological polar surface area (TPSA) is 102 Å². The quantitative estimate of drug-likeness (QED) is 0.681. The van der Waals surface area contributed by atoms with Crippen molar-refractivity contribution in [1.82, 2.24) is 0 Å². The monoisotopic (exact) mass is 462 g/mol. The lowest BCUT2D eigenvalue weighted by Gasteiger charge is -2.32. The van der Waals surface area contributed by atoms with Crippen LogP contribution in [-0.2, 0) is 9.59 Å². The highest BCUT2D eigenvalue weighted by molar-refractivity contribution is 6.09. The minimum atomic E-state index is -1.17. The maximum Gasteiger partial charge on any atom is 0.257 e. The number of benzene rings is 2. The van der Waals surface area contributed by atoms with Crippen molar-refractivity contribution in [3.8, 4) is 0 Å². The average molecular weight is 463 g/mol. The van der Waals surface area contributed by atoms with Crippen LogP contribution in [0.3, 0.4) is 0 Å². The standard InChI is InChI=1S/C27H33N3O4/c1-18-8-7-9-19(16-18)28-26(32)23-17-20(12-13-24(23)30-14-5-2-6-15-30)29-25(31)21-10-3-4-11-22(21)27(33)34/h7-9,12-13,16-17,21-22H,2-6,10-11,14-15H2,1H3,(H,28,32)(H,29,31)(H,33,34)/p-1/t21-,22+/m0/s1. The first-order chi connectivity index (χ1) is 16.4. The molecule has 2 N–H and O–H groups in total. The Morgan fingerprint density at radius 3 is 2.26 bits per heavy atom. The van der Waals surface area contributed by atoms with E-state index in [9.17, 15) is 19.5 Å². The number of nitrogens with zero attached hydrogens (tertiary/aromatic N) is 1. The van der Waals surface area contributed by atoms with Gasteiger partial charge in [-0.15, -0.1) is 0 Å². The molecule has 0 aromatic heterocycles. The van der Waals surface area contributed by atoms with Crippen molar-refractivity contribution < 1.29 is 19.5 Å². The van der Waals surface area contributed by atoms with Crippen molar-refractivity contribution in [3.63, 3.8) is 0 Å². The van der Waals surface area contributed by atoms with Gasteiger partial charge in [-0.25, -0.2) is 0 Å². The molecular weight excluding hydrogens is 430 g/mol. The molecule has 1 aliphatic carbocycles. The average Bonchev–Trinajstić information content (AvgIpc) is 2.84. The van der Waals surface area contributed by atoms with Crippen LogP contribution >= 0.6 is 0 Å². The summed E-state index contributed by atoms with van der Waals surface area (Å²) >= 11 is 0. The van der Waals surface area contributed by atoms with E-state index in [1.54, 1.807) is 12.1 Å². The minimum absolute atomic E-state index is 0.243. The van der Waals surface area contributed by atoms with E-state index in [1.165, 1.54) is 6.42 Å². The highest BCUT2D eigenvalue weighted by Gasteiger charge is 2.32. The summed E-state index contributed by atoms with van der Waals surface area (Å²) in [6, 6.07) is 13.0. The van der Waals surface area contributed by atoms with Gasteiger partial charge in [-0.2, -0.15) is 0 Å². The summed E-state index contributed by atoms with van der Waals surface area (Å²) in [4.78, 5) is 40.0. The van der Waals surface area contributed by atoms with Gasteiger partial charge in [0.2, 0.25) is 5.91 Å². The fourth-order valence-electron chi connectivity index (χ4n) is 5.09. The van der Waals surface area contributed by atoms with Crippen molar-refractivity contribution >= 4 is 34.8 Å². The fraction of sp³-hybridized carbons (Fsp3) is 0.444. The summed E-state index contributed by atoms with van der Waals surface area (Å²) in [5, 5.41) is 17.4. The summed E-state index contributed by atoms with van der Waals surface area (Å²) in [6.07, 6.45) is 5.91. The number of nitrogens with one attached hydrogen (secondary N) is 2. The lowest BCUT2D eigenvalue weighted by molar-refractivity contribution is -0.313. The lowest BCUT2D eigenvalue weighted by atomic mass is 9.78. The molecule has 2 aromatic rings. The normalized spacial score (nSPS) is 20.4. The Kier molecular flexibility index (Phi) is 7.50. The Hall–Kier alpha value is -3.35. The number of hydrogen-bond donors (Lipinski definition) is 2. The number of amides is 2. The summed E-state index contributed by atoms with van der Waals surface area (Å²) in [7, 11) is 0. The Labute approximate surface area is 200 Å². The van der Waals surface area contributed by atoms with Gasteiger partial charge in [0.25, 0.3) is 5.91 Å². The third-order valence-electron chi connectivity index (χ3n) is 6.89. The first-order valence-corrected chi connectivity index (χ1v) is 12.2. The number of carbonyl (C=O) groups is 3. The van der Waals surface area contributed by atoms with E-state index in [0.717, 1.165) is 50.0 Å². The van der Waals surface area contributed by atoms with E-state index in [0.29, 0.717) is 29.8 Å².